The minimum atomic E-state index is -0.655. The van der Waals surface area contributed by atoms with Gasteiger partial charge in [-0.2, -0.15) is 0 Å². The minimum Gasteiger partial charge on any atom is -0.387 e. The molecule has 1 aliphatic heterocycles. The zero-order valence-electron chi connectivity index (χ0n) is 9.25. The molecular weight excluding hydrogens is 180 g/mol. The van der Waals surface area contributed by atoms with E-state index in [1.165, 1.54) is 0 Å². The molecule has 0 spiro atoms. The van der Waals surface area contributed by atoms with Crippen molar-refractivity contribution >= 4 is 0 Å². The summed E-state index contributed by atoms with van der Waals surface area (Å²) in [5, 5.41) is 10.3. The third-order valence-electron chi connectivity index (χ3n) is 3.76. The third-order valence-corrected chi connectivity index (χ3v) is 3.76. The van der Waals surface area contributed by atoms with Crippen molar-refractivity contribution in [2.24, 2.45) is 0 Å². The molecule has 0 bridgehead atoms. The summed E-state index contributed by atoms with van der Waals surface area (Å²) < 4.78 is 11.7. The van der Waals surface area contributed by atoms with Gasteiger partial charge < -0.3 is 14.6 Å². The van der Waals surface area contributed by atoms with Gasteiger partial charge in [0.15, 0.2) is 5.79 Å². The van der Waals surface area contributed by atoms with Crippen LogP contribution in [0.1, 0.15) is 46.5 Å². The van der Waals surface area contributed by atoms with Crippen LogP contribution in [0.25, 0.3) is 0 Å². The van der Waals surface area contributed by atoms with E-state index < -0.39 is 11.4 Å². The van der Waals surface area contributed by atoms with Gasteiger partial charge in [0, 0.05) is 0 Å². The molecule has 0 radical (unpaired) electrons. The molecule has 2 rings (SSSR count). The number of rotatable bonds is 2. The van der Waals surface area contributed by atoms with Crippen molar-refractivity contribution in [1.29, 1.82) is 0 Å². The van der Waals surface area contributed by atoms with Gasteiger partial charge in [-0.05, 0) is 32.6 Å². The molecule has 14 heavy (non-hydrogen) atoms. The second-order valence-electron chi connectivity index (χ2n) is 4.68. The van der Waals surface area contributed by atoms with E-state index in [9.17, 15) is 5.11 Å². The molecule has 3 nitrogen and oxygen atoms in total. The Morgan fingerprint density at radius 1 is 1.29 bits per heavy atom. The number of ether oxygens (including phenoxy) is 2. The molecule has 0 aromatic rings. The Bertz CT molecular complexity index is 231. The highest BCUT2D eigenvalue weighted by Crippen LogP contribution is 2.46. The van der Waals surface area contributed by atoms with Crippen LogP contribution in [0, 0.1) is 0 Å². The molecule has 1 aliphatic carbocycles. The molecule has 0 aromatic heterocycles. The van der Waals surface area contributed by atoms with Crippen LogP contribution in [0.15, 0.2) is 0 Å². The SMILES string of the molecule is CC[C@@]1(C)O[C@@H]2[C@@H](CC[C@]2(O)CC)O1. The van der Waals surface area contributed by atoms with Crippen molar-refractivity contribution < 1.29 is 14.6 Å². The van der Waals surface area contributed by atoms with Crippen LogP contribution in [-0.4, -0.2) is 28.7 Å². The van der Waals surface area contributed by atoms with Crippen LogP contribution < -0.4 is 0 Å². The van der Waals surface area contributed by atoms with Crippen molar-refractivity contribution in [1.82, 2.24) is 0 Å². The van der Waals surface area contributed by atoms with E-state index in [2.05, 4.69) is 0 Å². The van der Waals surface area contributed by atoms with E-state index >= 15 is 0 Å². The highest BCUT2D eigenvalue weighted by atomic mass is 16.8. The Labute approximate surface area is 85.4 Å². The number of aliphatic hydroxyl groups is 1. The normalized spacial score (nSPS) is 52.3. The molecule has 1 saturated carbocycles. The predicted octanol–water partition coefficient (Wildman–Crippen LogP) is 1.83. The second kappa shape index (κ2) is 3.19. The average Bonchev–Trinajstić information content (AvgIpc) is 2.66. The first-order valence-corrected chi connectivity index (χ1v) is 5.61. The molecule has 2 fully saturated rings. The number of fused-ring (bicyclic) bond motifs is 1. The molecule has 4 atom stereocenters. The molecule has 0 amide bonds. The van der Waals surface area contributed by atoms with Gasteiger partial charge in [-0.3, -0.25) is 0 Å². The molecule has 2 aliphatic rings. The van der Waals surface area contributed by atoms with Gasteiger partial charge in [-0.15, -0.1) is 0 Å². The van der Waals surface area contributed by atoms with Crippen LogP contribution in [0.2, 0.25) is 0 Å². The summed E-state index contributed by atoms with van der Waals surface area (Å²) in [5.41, 5.74) is -0.655. The fraction of sp³-hybridized carbons (Fsp3) is 1.00. The summed E-state index contributed by atoms with van der Waals surface area (Å²) in [4.78, 5) is 0. The number of hydrogen-bond donors (Lipinski definition) is 1. The van der Waals surface area contributed by atoms with Gasteiger partial charge in [-0.25, -0.2) is 0 Å². The lowest BCUT2D eigenvalue weighted by molar-refractivity contribution is -0.191. The van der Waals surface area contributed by atoms with E-state index in [0.29, 0.717) is 0 Å². The summed E-state index contributed by atoms with van der Waals surface area (Å²) in [6.45, 7) is 6.01. The van der Waals surface area contributed by atoms with Gasteiger partial charge in [0.1, 0.15) is 6.10 Å². The van der Waals surface area contributed by atoms with Crippen LogP contribution in [0.4, 0.5) is 0 Å². The van der Waals surface area contributed by atoms with E-state index in [1.54, 1.807) is 0 Å². The van der Waals surface area contributed by atoms with Crippen molar-refractivity contribution in [2.75, 3.05) is 0 Å². The Kier molecular flexibility index (Phi) is 2.37. The fourth-order valence-corrected chi connectivity index (χ4v) is 2.50. The lowest BCUT2D eigenvalue weighted by Gasteiger charge is -2.29. The molecule has 1 heterocycles. The summed E-state index contributed by atoms with van der Waals surface area (Å²) in [7, 11) is 0. The Hall–Kier alpha value is -0.120. The first-order chi connectivity index (χ1) is 6.53. The summed E-state index contributed by atoms with van der Waals surface area (Å²) >= 11 is 0. The summed E-state index contributed by atoms with van der Waals surface area (Å²) in [5.74, 6) is -0.473. The topological polar surface area (TPSA) is 38.7 Å². The van der Waals surface area contributed by atoms with E-state index in [0.717, 1.165) is 25.7 Å². The highest BCUT2D eigenvalue weighted by molar-refractivity contribution is 5.03. The molecule has 0 aromatic carbocycles. The van der Waals surface area contributed by atoms with Gasteiger partial charge in [0.25, 0.3) is 0 Å². The lowest BCUT2D eigenvalue weighted by atomic mass is 9.96. The maximum absolute atomic E-state index is 10.3. The van der Waals surface area contributed by atoms with Crippen molar-refractivity contribution in [3.8, 4) is 0 Å². The third kappa shape index (κ3) is 1.38. The molecule has 1 saturated heterocycles. The highest BCUT2D eigenvalue weighted by Gasteiger charge is 2.56. The van der Waals surface area contributed by atoms with Gasteiger partial charge in [0.05, 0.1) is 11.7 Å². The van der Waals surface area contributed by atoms with Crippen LogP contribution in [0.3, 0.4) is 0 Å². The van der Waals surface area contributed by atoms with Crippen molar-refractivity contribution in [3.63, 3.8) is 0 Å². The first kappa shape index (κ1) is 10.4. The Morgan fingerprint density at radius 3 is 2.57 bits per heavy atom. The Morgan fingerprint density at radius 2 is 2.00 bits per heavy atom. The lowest BCUT2D eigenvalue weighted by Crippen LogP contribution is -2.41. The maximum atomic E-state index is 10.3. The van der Waals surface area contributed by atoms with E-state index in [-0.39, 0.29) is 12.2 Å². The number of hydrogen-bond acceptors (Lipinski definition) is 3. The predicted molar refractivity (Wildman–Crippen MR) is 52.9 cm³/mol. The minimum absolute atomic E-state index is 0.102. The second-order valence-corrected chi connectivity index (χ2v) is 4.68. The van der Waals surface area contributed by atoms with Crippen LogP contribution >= 0.6 is 0 Å². The van der Waals surface area contributed by atoms with Crippen molar-refractivity contribution in [2.45, 2.75) is 70.1 Å². The molecule has 3 heteroatoms. The maximum Gasteiger partial charge on any atom is 0.166 e. The van der Waals surface area contributed by atoms with Gasteiger partial charge in [-0.1, -0.05) is 13.8 Å². The van der Waals surface area contributed by atoms with E-state index in [4.69, 9.17) is 9.47 Å². The van der Waals surface area contributed by atoms with Gasteiger partial charge >= 0.3 is 0 Å². The smallest absolute Gasteiger partial charge is 0.166 e. The van der Waals surface area contributed by atoms with Gasteiger partial charge in [0.2, 0.25) is 0 Å². The molecule has 82 valence electrons. The zero-order chi connectivity index (χ0) is 10.4. The van der Waals surface area contributed by atoms with E-state index in [1.807, 2.05) is 20.8 Å². The molecule has 0 unspecified atom stereocenters. The largest absolute Gasteiger partial charge is 0.387 e. The standard InChI is InChI=1S/C11H20O3/c1-4-10(3)13-8-6-7-11(12,5-2)9(8)14-10/h8-9,12H,4-7H2,1-3H3/t8-,9-,10-,11-/m1/s1. The summed E-state index contributed by atoms with van der Waals surface area (Å²) in [6, 6.07) is 0. The monoisotopic (exact) mass is 200 g/mol. The molecular formula is C11H20O3. The summed E-state index contributed by atoms with van der Waals surface area (Å²) in [6.07, 6.45) is 3.29. The van der Waals surface area contributed by atoms with Crippen LogP contribution in [-0.2, 0) is 9.47 Å². The van der Waals surface area contributed by atoms with Crippen molar-refractivity contribution in [3.05, 3.63) is 0 Å². The quantitative estimate of drug-likeness (QED) is 0.739. The van der Waals surface area contributed by atoms with Crippen LogP contribution in [0.5, 0.6) is 0 Å². The average molecular weight is 200 g/mol. The first-order valence-electron chi connectivity index (χ1n) is 5.61. The fourth-order valence-electron chi connectivity index (χ4n) is 2.50. The Balaban J connectivity index is 2.14. The molecule has 1 N–H and O–H groups in total. The zero-order valence-corrected chi connectivity index (χ0v) is 9.25.